The largest absolute Gasteiger partial charge is 0.411 e. The van der Waals surface area contributed by atoms with Gasteiger partial charge in [-0.05, 0) is 45.6 Å². The second kappa shape index (κ2) is 5.36. The molecule has 0 aromatic carbocycles. The molecule has 0 unspecified atom stereocenters. The first-order chi connectivity index (χ1) is 7.31. The highest BCUT2D eigenvalue weighted by Gasteiger charge is 2.36. The highest BCUT2D eigenvalue weighted by Crippen LogP contribution is 2.39. The molecule has 0 atom stereocenters. The summed E-state index contributed by atoms with van der Waals surface area (Å²) in [6.07, 6.45) is -1.08. The summed E-state index contributed by atoms with van der Waals surface area (Å²) in [4.78, 5) is 0. The Morgan fingerprint density at radius 2 is 1.88 bits per heavy atom. The van der Waals surface area contributed by atoms with E-state index in [1.165, 1.54) is 12.8 Å². The van der Waals surface area contributed by atoms with Crippen LogP contribution < -0.4 is 5.32 Å². The minimum absolute atomic E-state index is 0.115. The van der Waals surface area contributed by atoms with Gasteiger partial charge in [-0.2, -0.15) is 13.2 Å². The van der Waals surface area contributed by atoms with Gasteiger partial charge in [-0.15, -0.1) is 0 Å². The van der Waals surface area contributed by atoms with Crippen LogP contribution in [0.25, 0.3) is 0 Å². The van der Waals surface area contributed by atoms with Crippen LogP contribution in [0.1, 0.15) is 33.1 Å². The third-order valence-corrected chi connectivity index (χ3v) is 2.91. The molecule has 16 heavy (non-hydrogen) atoms. The first-order valence-corrected chi connectivity index (χ1v) is 5.71. The van der Waals surface area contributed by atoms with Gasteiger partial charge < -0.3 is 10.1 Å². The number of rotatable bonds is 7. The number of halogens is 3. The van der Waals surface area contributed by atoms with E-state index in [9.17, 15) is 13.2 Å². The second-order valence-corrected chi connectivity index (χ2v) is 4.94. The molecule has 0 aromatic heterocycles. The Balaban J connectivity index is 1.95. The van der Waals surface area contributed by atoms with Gasteiger partial charge in [-0.3, -0.25) is 0 Å². The Hall–Kier alpha value is -0.290. The van der Waals surface area contributed by atoms with E-state index >= 15 is 0 Å². The first kappa shape index (κ1) is 13.8. The Bertz CT molecular complexity index is 212. The lowest BCUT2D eigenvalue weighted by Crippen LogP contribution is -2.42. The average Bonchev–Trinajstić information content (AvgIpc) is 2.91. The molecule has 1 fully saturated rings. The highest BCUT2D eigenvalue weighted by atomic mass is 19.4. The van der Waals surface area contributed by atoms with Crippen LogP contribution in [-0.2, 0) is 4.74 Å². The zero-order valence-corrected chi connectivity index (χ0v) is 9.86. The summed E-state index contributed by atoms with van der Waals surface area (Å²) in [6.45, 7) is 4.01. The maximum Gasteiger partial charge on any atom is 0.411 e. The molecule has 1 saturated carbocycles. The molecule has 0 aliphatic heterocycles. The van der Waals surface area contributed by atoms with Gasteiger partial charge in [0.15, 0.2) is 0 Å². The second-order valence-electron chi connectivity index (χ2n) is 4.94. The van der Waals surface area contributed by atoms with Gasteiger partial charge in [-0.1, -0.05) is 0 Å². The molecule has 0 saturated heterocycles. The van der Waals surface area contributed by atoms with Crippen molar-refractivity contribution in [3.05, 3.63) is 0 Å². The third kappa shape index (κ3) is 5.70. The van der Waals surface area contributed by atoms with Crippen molar-refractivity contribution in [2.75, 3.05) is 19.8 Å². The molecule has 0 spiro atoms. The van der Waals surface area contributed by atoms with E-state index in [1.54, 1.807) is 0 Å². The predicted molar refractivity (Wildman–Crippen MR) is 56.3 cm³/mol. The van der Waals surface area contributed by atoms with Gasteiger partial charge in [0.25, 0.3) is 0 Å². The molecule has 1 aliphatic rings. The molecular formula is C11H20F3NO. The maximum absolute atomic E-state index is 11.7. The van der Waals surface area contributed by atoms with Gasteiger partial charge in [0.1, 0.15) is 6.61 Å². The van der Waals surface area contributed by atoms with E-state index in [0.29, 0.717) is 13.0 Å². The molecule has 1 aliphatic carbocycles. The van der Waals surface area contributed by atoms with Gasteiger partial charge in [0.2, 0.25) is 0 Å². The van der Waals surface area contributed by atoms with E-state index in [0.717, 1.165) is 5.92 Å². The molecular weight excluding hydrogens is 219 g/mol. The zero-order valence-electron chi connectivity index (χ0n) is 9.86. The van der Waals surface area contributed by atoms with Crippen molar-refractivity contribution < 1.29 is 17.9 Å². The Morgan fingerprint density at radius 1 is 1.25 bits per heavy atom. The molecule has 0 aromatic rings. The lowest BCUT2D eigenvalue weighted by atomic mass is 9.99. The highest BCUT2D eigenvalue weighted by molar-refractivity contribution is 4.94. The van der Waals surface area contributed by atoms with Gasteiger partial charge in [-0.25, -0.2) is 0 Å². The lowest BCUT2D eigenvalue weighted by Gasteiger charge is -2.26. The average molecular weight is 239 g/mol. The van der Waals surface area contributed by atoms with E-state index in [4.69, 9.17) is 0 Å². The van der Waals surface area contributed by atoms with E-state index < -0.39 is 12.8 Å². The van der Waals surface area contributed by atoms with Crippen molar-refractivity contribution in [2.45, 2.75) is 44.8 Å². The summed E-state index contributed by atoms with van der Waals surface area (Å²) in [5.74, 6) is 0.726. The quantitative estimate of drug-likeness (QED) is 0.690. The smallest absolute Gasteiger partial charge is 0.372 e. The van der Waals surface area contributed by atoms with Crippen LogP contribution in [-0.4, -0.2) is 31.5 Å². The van der Waals surface area contributed by atoms with Crippen LogP contribution in [0, 0.1) is 5.92 Å². The van der Waals surface area contributed by atoms with Crippen LogP contribution in [0.3, 0.4) is 0 Å². The monoisotopic (exact) mass is 239 g/mol. The fraction of sp³-hybridized carbons (Fsp3) is 1.00. The summed E-state index contributed by atoms with van der Waals surface area (Å²) < 4.78 is 39.7. The van der Waals surface area contributed by atoms with Gasteiger partial charge >= 0.3 is 6.18 Å². The number of alkyl halides is 3. The molecule has 0 amide bonds. The molecule has 0 bridgehead atoms. The normalized spacial score (nSPS) is 17.8. The summed E-state index contributed by atoms with van der Waals surface area (Å²) in [7, 11) is 0. The Kier molecular flexibility index (Phi) is 4.62. The Labute approximate surface area is 94.5 Å². The minimum atomic E-state index is -4.21. The molecule has 1 rings (SSSR count). The van der Waals surface area contributed by atoms with Crippen LogP contribution in [0.15, 0.2) is 0 Å². The molecule has 0 heterocycles. The van der Waals surface area contributed by atoms with Crippen molar-refractivity contribution in [1.82, 2.24) is 5.32 Å². The number of hydrogen-bond donors (Lipinski definition) is 1. The van der Waals surface area contributed by atoms with E-state index in [2.05, 4.69) is 23.9 Å². The third-order valence-electron chi connectivity index (χ3n) is 2.91. The molecule has 2 nitrogen and oxygen atoms in total. The molecule has 5 heteroatoms. The Morgan fingerprint density at radius 3 is 2.38 bits per heavy atom. The molecule has 1 N–H and O–H groups in total. The van der Waals surface area contributed by atoms with Crippen molar-refractivity contribution in [2.24, 2.45) is 5.92 Å². The topological polar surface area (TPSA) is 21.3 Å². The summed E-state index contributed by atoms with van der Waals surface area (Å²) >= 11 is 0. The number of hydrogen-bond acceptors (Lipinski definition) is 2. The van der Waals surface area contributed by atoms with Crippen LogP contribution in [0.2, 0.25) is 0 Å². The van der Waals surface area contributed by atoms with Crippen molar-refractivity contribution in [1.29, 1.82) is 0 Å². The van der Waals surface area contributed by atoms with Gasteiger partial charge in [0.05, 0.1) is 0 Å². The fourth-order valence-electron chi connectivity index (χ4n) is 1.72. The van der Waals surface area contributed by atoms with E-state index in [1.807, 2.05) is 0 Å². The summed E-state index contributed by atoms with van der Waals surface area (Å²) in [6, 6.07) is 0. The lowest BCUT2D eigenvalue weighted by molar-refractivity contribution is -0.174. The van der Waals surface area contributed by atoms with Crippen LogP contribution in [0.4, 0.5) is 13.2 Å². The van der Waals surface area contributed by atoms with E-state index in [-0.39, 0.29) is 12.1 Å². The van der Waals surface area contributed by atoms with Crippen LogP contribution >= 0.6 is 0 Å². The predicted octanol–water partition coefficient (Wildman–Crippen LogP) is 2.73. The van der Waals surface area contributed by atoms with Crippen molar-refractivity contribution in [3.63, 3.8) is 0 Å². The number of nitrogens with one attached hydrogen (secondary N) is 1. The summed E-state index contributed by atoms with van der Waals surface area (Å²) in [5.41, 5.74) is 0.115. The number of ether oxygens (including phenoxy) is 1. The van der Waals surface area contributed by atoms with Gasteiger partial charge in [0, 0.05) is 12.1 Å². The van der Waals surface area contributed by atoms with Crippen molar-refractivity contribution in [3.8, 4) is 0 Å². The fourth-order valence-corrected chi connectivity index (χ4v) is 1.72. The summed E-state index contributed by atoms with van der Waals surface area (Å²) in [5, 5.41) is 3.36. The minimum Gasteiger partial charge on any atom is -0.372 e. The standard InChI is InChI=1S/C11H20F3NO/c1-10(2,9-4-5-9)15-6-3-7-16-8-11(12,13)14/h9,15H,3-8H2,1-2H3. The van der Waals surface area contributed by atoms with Crippen LogP contribution in [0.5, 0.6) is 0 Å². The first-order valence-electron chi connectivity index (χ1n) is 5.71. The molecule has 96 valence electrons. The SMILES string of the molecule is CC(C)(NCCCOCC(F)(F)F)C1CC1. The maximum atomic E-state index is 11.7. The molecule has 0 radical (unpaired) electrons. The van der Waals surface area contributed by atoms with Crippen molar-refractivity contribution >= 4 is 0 Å². The zero-order chi connectivity index (χ0) is 12.2.